The molecule has 5 heteroatoms. The van der Waals surface area contributed by atoms with Gasteiger partial charge in [-0.15, -0.1) is 12.1 Å². The molecule has 0 aliphatic rings. The van der Waals surface area contributed by atoms with Crippen molar-refractivity contribution in [2.45, 2.75) is 125 Å². The van der Waals surface area contributed by atoms with E-state index in [0.29, 0.717) is 18.0 Å². The van der Waals surface area contributed by atoms with Gasteiger partial charge in [-0.2, -0.15) is 0 Å². The van der Waals surface area contributed by atoms with Crippen LogP contribution in [-0.4, -0.2) is 29.3 Å². The first-order chi connectivity index (χ1) is 11.3. The fourth-order valence-electron chi connectivity index (χ4n) is 1.36. The van der Waals surface area contributed by atoms with Crippen molar-refractivity contribution >= 4 is 0 Å². The zero-order valence-corrected chi connectivity index (χ0v) is 21.9. The van der Waals surface area contributed by atoms with Crippen LogP contribution >= 0.6 is 0 Å². The minimum Gasteiger partial charge on any atom is -0.358 e. The van der Waals surface area contributed by atoms with Gasteiger partial charge in [0.1, 0.15) is 0 Å². The van der Waals surface area contributed by atoms with Gasteiger partial charge in [-0.3, -0.25) is 0 Å². The van der Waals surface area contributed by atoms with Crippen LogP contribution in [0.25, 0.3) is 10.6 Å². The van der Waals surface area contributed by atoms with Gasteiger partial charge < -0.3 is 18.1 Å². The minimum absolute atomic E-state index is 0. The molecule has 0 aromatic heterocycles. The summed E-state index contributed by atoms with van der Waals surface area (Å²) in [7, 11) is 0. The molecule has 0 N–H and O–H groups in total. The van der Waals surface area contributed by atoms with Crippen LogP contribution in [-0.2, 0) is 18.2 Å². The number of nitrogens with zero attached hydrogens (tertiary/aromatic N) is 4. The second-order valence-corrected chi connectivity index (χ2v) is 10.0. The van der Waals surface area contributed by atoms with Crippen molar-refractivity contribution in [3.63, 3.8) is 0 Å². The maximum absolute atomic E-state index is 4.67. The molecule has 0 spiro atoms. The van der Waals surface area contributed by atoms with Gasteiger partial charge in [-0.25, -0.2) is 6.17 Å². The Morgan fingerprint density at radius 2 is 1.04 bits per heavy atom. The Morgan fingerprint density at radius 1 is 0.731 bits per heavy atom. The smallest absolute Gasteiger partial charge is 0.358 e. The van der Waals surface area contributed by atoms with Gasteiger partial charge in [-0.1, -0.05) is 47.5 Å². The van der Waals surface area contributed by atoms with Crippen LogP contribution in [0.2, 0.25) is 0 Å². The van der Waals surface area contributed by atoms with E-state index in [4.69, 9.17) is 0 Å². The summed E-state index contributed by atoms with van der Waals surface area (Å²) in [6.45, 7) is 25.9. The molecular formula is C21H47MoN4-3. The van der Waals surface area contributed by atoms with E-state index >= 15 is 0 Å². The van der Waals surface area contributed by atoms with Gasteiger partial charge >= 0.3 is 90.7 Å². The van der Waals surface area contributed by atoms with Crippen LogP contribution in [0.4, 0.5) is 0 Å². The van der Waals surface area contributed by atoms with E-state index in [-0.39, 0.29) is 24.7 Å². The van der Waals surface area contributed by atoms with E-state index in [9.17, 15) is 0 Å². The van der Waals surface area contributed by atoms with Crippen LogP contribution in [0.5, 0.6) is 0 Å². The summed E-state index contributed by atoms with van der Waals surface area (Å²) in [4.78, 5) is 0. The molecule has 0 fully saturated rings. The van der Waals surface area contributed by atoms with Crippen molar-refractivity contribution < 1.29 is 18.2 Å². The fourth-order valence-corrected chi connectivity index (χ4v) is 3.19. The number of hydrogen-bond donors (Lipinski definition) is 0. The summed E-state index contributed by atoms with van der Waals surface area (Å²) in [5.74, 6) is 0.523. The first kappa shape index (κ1) is 30.9. The molecule has 0 unspecified atom stereocenters. The molecule has 0 amide bonds. The summed E-state index contributed by atoms with van der Waals surface area (Å²) < 4.78 is 9.34. The van der Waals surface area contributed by atoms with Crippen molar-refractivity contribution in [2.24, 2.45) is 12.9 Å². The third kappa shape index (κ3) is 19.0. The Morgan fingerprint density at radius 3 is 1.23 bits per heavy atom. The molecule has 0 aromatic carbocycles. The normalized spacial score (nSPS) is 12.0. The van der Waals surface area contributed by atoms with Gasteiger partial charge in [0.2, 0.25) is 0 Å². The van der Waals surface area contributed by atoms with E-state index in [0.717, 1.165) is 12.8 Å². The SMILES string of the molecule is CC(C)[N-]C([N-]C(C)C)C(C)C.CCC(C)(C)[N]=[Mo]=[N]C(C)(C)CC.[CH3-]. The molecule has 0 saturated heterocycles. The third-order valence-electron chi connectivity index (χ3n) is 3.80. The standard InChI is InChI=1S/C10H22N2.2C5H11N.CH3.Mo/c1-7(2)10(11-8(3)4)12-9(5)6;2*1-4-5(2,3)6;;/h7-10H,1-6H3;2*4H2,1-3H3;1H3;/q-2;;;-1;. The molecule has 26 heavy (non-hydrogen) atoms. The Hall–Kier alpha value is 0.208. The molecule has 0 heterocycles. The van der Waals surface area contributed by atoms with Crippen LogP contribution in [0, 0.1) is 13.3 Å². The molecule has 0 rings (SSSR count). The Labute approximate surface area is 174 Å². The molecule has 0 aliphatic carbocycles. The average molecular weight is 452 g/mol. The predicted octanol–water partition coefficient (Wildman–Crippen LogP) is 7.80. The Kier molecular flexibility index (Phi) is 18.0. The topological polar surface area (TPSA) is 52.9 Å². The zero-order valence-electron chi connectivity index (χ0n) is 19.9. The Bertz CT molecular complexity index is 365. The summed E-state index contributed by atoms with van der Waals surface area (Å²) in [5, 5.41) is 9.10. The minimum atomic E-state index is -0.492. The van der Waals surface area contributed by atoms with Crippen LogP contribution in [0.3, 0.4) is 0 Å². The van der Waals surface area contributed by atoms with Crippen molar-refractivity contribution in [1.29, 1.82) is 0 Å². The molecule has 0 aliphatic heterocycles. The first-order valence-electron chi connectivity index (χ1n) is 9.76. The molecule has 4 nitrogen and oxygen atoms in total. The molecule has 0 atom stereocenters. The first-order valence-corrected chi connectivity index (χ1v) is 11.6. The van der Waals surface area contributed by atoms with E-state index < -0.39 is 18.2 Å². The predicted molar refractivity (Wildman–Crippen MR) is 116 cm³/mol. The van der Waals surface area contributed by atoms with Crippen molar-refractivity contribution in [3.05, 3.63) is 18.1 Å². The fraction of sp³-hybridized carbons (Fsp3) is 0.952. The molecule has 160 valence electrons. The number of hydrogen-bond acceptors (Lipinski definition) is 2. The Balaban J connectivity index is -0.000000393. The summed E-state index contributed by atoms with van der Waals surface area (Å²) in [5.41, 5.74) is 0.297. The third-order valence-corrected chi connectivity index (χ3v) is 6.64. The molecule has 0 radical (unpaired) electrons. The van der Waals surface area contributed by atoms with Crippen molar-refractivity contribution in [3.8, 4) is 0 Å². The van der Waals surface area contributed by atoms with Gasteiger partial charge in [0.25, 0.3) is 0 Å². The van der Waals surface area contributed by atoms with Crippen LogP contribution < -0.4 is 0 Å². The maximum Gasteiger partial charge on any atom is -0.358 e. The maximum atomic E-state index is 4.67. The van der Waals surface area contributed by atoms with Gasteiger partial charge in [-0.05, 0) is 0 Å². The van der Waals surface area contributed by atoms with Crippen LogP contribution in [0.1, 0.15) is 95.9 Å². The molecular weight excluding hydrogens is 404 g/mol. The van der Waals surface area contributed by atoms with Gasteiger partial charge in [0.15, 0.2) is 0 Å². The van der Waals surface area contributed by atoms with Crippen molar-refractivity contribution in [2.75, 3.05) is 0 Å². The average Bonchev–Trinajstić information content (AvgIpc) is 2.46. The van der Waals surface area contributed by atoms with E-state index in [2.05, 4.69) is 101 Å². The number of rotatable bonds is 9. The summed E-state index contributed by atoms with van der Waals surface area (Å²) >= 11 is -0.492. The van der Waals surface area contributed by atoms with E-state index in [1.165, 1.54) is 0 Å². The summed E-state index contributed by atoms with van der Waals surface area (Å²) in [6.07, 6.45) is 2.41. The monoisotopic (exact) mass is 453 g/mol. The second kappa shape index (κ2) is 15.2. The van der Waals surface area contributed by atoms with Gasteiger partial charge in [0.05, 0.1) is 0 Å². The molecule has 0 aromatic rings. The van der Waals surface area contributed by atoms with E-state index in [1.54, 1.807) is 0 Å². The zero-order chi connectivity index (χ0) is 20.3. The van der Waals surface area contributed by atoms with Crippen molar-refractivity contribution in [1.82, 2.24) is 0 Å². The summed E-state index contributed by atoms with van der Waals surface area (Å²) in [6, 6.07) is 0.778. The van der Waals surface area contributed by atoms with E-state index in [1.807, 2.05) is 0 Å². The quantitative estimate of drug-likeness (QED) is 0.254. The second-order valence-electron chi connectivity index (χ2n) is 8.74. The largest absolute Gasteiger partial charge is 0.358 e. The molecule has 0 bridgehead atoms. The molecule has 0 saturated carbocycles. The van der Waals surface area contributed by atoms with Gasteiger partial charge in [0, 0.05) is 0 Å². The van der Waals surface area contributed by atoms with Crippen LogP contribution in [0.15, 0.2) is 6.99 Å².